The number of esters is 1. The summed E-state index contributed by atoms with van der Waals surface area (Å²) in [6.45, 7) is -0.880. The molecule has 2 aromatic carbocycles. The number of amides is 1. The van der Waals surface area contributed by atoms with Gasteiger partial charge in [-0.1, -0.05) is 6.07 Å². The molecule has 27 heavy (non-hydrogen) atoms. The Labute approximate surface area is 152 Å². The summed E-state index contributed by atoms with van der Waals surface area (Å²) in [6.07, 6.45) is 0. The van der Waals surface area contributed by atoms with Gasteiger partial charge in [-0.2, -0.15) is 0 Å². The number of hydrogen-bond donors (Lipinski definition) is 2. The van der Waals surface area contributed by atoms with E-state index >= 15 is 0 Å². The average molecular weight is 400 g/mol. The zero-order chi connectivity index (χ0) is 20.2. The van der Waals surface area contributed by atoms with E-state index in [0.717, 1.165) is 30.3 Å². The second-order valence-electron chi connectivity index (χ2n) is 5.13. The lowest BCUT2D eigenvalue weighted by Crippen LogP contribution is -2.22. The summed E-state index contributed by atoms with van der Waals surface area (Å²) in [5.74, 6) is -4.13. The zero-order valence-electron chi connectivity index (χ0n) is 13.9. The lowest BCUT2D eigenvalue weighted by atomic mass is 10.2. The smallest absolute Gasteiger partial charge is 0.342 e. The molecule has 2 aromatic rings. The van der Waals surface area contributed by atoms with E-state index in [1.54, 1.807) is 0 Å². The van der Waals surface area contributed by atoms with E-state index in [1.807, 2.05) is 5.32 Å². The van der Waals surface area contributed by atoms with E-state index < -0.39 is 45.8 Å². The number of nitrogens with one attached hydrogen (secondary N) is 1. The largest absolute Gasteiger partial charge is 0.496 e. The Hall–Kier alpha value is -3.05. The van der Waals surface area contributed by atoms with Crippen molar-refractivity contribution >= 4 is 27.6 Å². The molecule has 0 fully saturated rings. The molecule has 0 radical (unpaired) electrons. The van der Waals surface area contributed by atoms with Crippen LogP contribution in [0.25, 0.3) is 0 Å². The molecule has 0 aliphatic carbocycles. The van der Waals surface area contributed by atoms with Crippen molar-refractivity contribution in [2.24, 2.45) is 5.14 Å². The lowest BCUT2D eigenvalue weighted by Gasteiger charge is -2.11. The molecule has 11 heteroatoms. The van der Waals surface area contributed by atoms with Crippen molar-refractivity contribution in [3.63, 3.8) is 0 Å². The Morgan fingerprint density at radius 3 is 2.33 bits per heavy atom. The molecule has 144 valence electrons. The first-order valence-electron chi connectivity index (χ1n) is 7.25. The maximum atomic E-state index is 13.5. The fraction of sp³-hybridized carbons (Fsp3) is 0.125. The van der Waals surface area contributed by atoms with Crippen LogP contribution < -0.4 is 15.2 Å². The number of anilines is 1. The van der Waals surface area contributed by atoms with Crippen molar-refractivity contribution in [1.29, 1.82) is 0 Å². The highest BCUT2D eigenvalue weighted by Gasteiger charge is 2.20. The quantitative estimate of drug-likeness (QED) is 0.707. The third kappa shape index (κ3) is 4.99. The molecule has 0 saturated heterocycles. The fourth-order valence-electron chi connectivity index (χ4n) is 2.03. The van der Waals surface area contributed by atoms with E-state index in [2.05, 4.69) is 0 Å². The van der Waals surface area contributed by atoms with Gasteiger partial charge in [-0.05, 0) is 30.3 Å². The molecule has 0 unspecified atom stereocenters. The number of sulfonamides is 1. The number of carbonyl (C=O) groups is 2. The normalized spacial score (nSPS) is 11.0. The maximum absolute atomic E-state index is 13.5. The summed E-state index contributed by atoms with van der Waals surface area (Å²) >= 11 is 0. The van der Waals surface area contributed by atoms with Gasteiger partial charge < -0.3 is 14.8 Å². The summed E-state index contributed by atoms with van der Waals surface area (Å²) in [6, 6.07) is 6.22. The van der Waals surface area contributed by atoms with E-state index in [1.165, 1.54) is 13.2 Å². The van der Waals surface area contributed by atoms with Crippen molar-refractivity contribution < 1.29 is 36.3 Å². The third-order valence-corrected chi connectivity index (χ3v) is 4.19. The van der Waals surface area contributed by atoms with Crippen LogP contribution in [0.2, 0.25) is 0 Å². The van der Waals surface area contributed by atoms with Crippen LogP contribution in [-0.2, 0) is 19.6 Å². The number of rotatable bonds is 6. The summed E-state index contributed by atoms with van der Waals surface area (Å²) < 4.78 is 59.4. The monoisotopic (exact) mass is 400 g/mol. The van der Waals surface area contributed by atoms with Crippen LogP contribution in [-0.4, -0.2) is 34.0 Å². The van der Waals surface area contributed by atoms with Gasteiger partial charge in [-0.25, -0.2) is 27.1 Å². The van der Waals surface area contributed by atoms with Gasteiger partial charge >= 0.3 is 5.97 Å². The van der Waals surface area contributed by atoms with Crippen molar-refractivity contribution in [3.05, 3.63) is 53.6 Å². The summed E-state index contributed by atoms with van der Waals surface area (Å²) in [5, 5.41) is 6.93. The van der Waals surface area contributed by atoms with Crippen molar-refractivity contribution in [3.8, 4) is 5.75 Å². The van der Waals surface area contributed by atoms with Crippen molar-refractivity contribution in [2.45, 2.75) is 4.90 Å². The molecule has 0 spiro atoms. The second-order valence-corrected chi connectivity index (χ2v) is 6.69. The highest BCUT2D eigenvalue weighted by Crippen LogP contribution is 2.23. The number of ether oxygens (including phenoxy) is 2. The van der Waals surface area contributed by atoms with Crippen LogP contribution >= 0.6 is 0 Å². The Balaban J connectivity index is 2.12. The number of para-hydroxylation sites is 1. The Morgan fingerprint density at radius 2 is 1.78 bits per heavy atom. The number of carbonyl (C=O) groups excluding carboxylic acids is 2. The molecule has 2 rings (SSSR count). The maximum Gasteiger partial charge on any atom is 0.342 e. The summed E-state index contributed by atoms with van der Waals surface area (Å²) in [7, 11) is -2.86. The Bertz CT molecular complexity index is 974. The minimum Gasteiger partial charge on any atom is -0.496 e. The highest BCUT2D eigenvalue weighted by molar-refractivity contribution is 7.89. The van der Waals surface area contributed by atoms with Gasteiger partial charge in [0, 0.05) is 0 Å². The number of nitrogens with two attached hydrogens (primary N) is 1. The fourth-order valence-corrected chi connectivity index (χ4v) is 2.57. The Kier molecular flexibility index (Phi) is 6.08. The van der Waals surface area contributed by atoms with Gasteiger partial charge in [-0.3, -0.25) is 4.79 Å². The predicted molar refractivity (Wildman–Crippen MR) is 89.6 cm³/mol. The van der Waals surface area contributed by atoms with Gasteiger partial charge in [-0.15, -0.1) is 0 Å². The topological polar surface area (TPSA) is 125 Å². The minimum atomic E-state index is -4.09. The van der Waals surface area contributed by atoms with Crippen LogP contribution in [0.15, 0.2) is 41.3 Å². The molecule has 0 aliphatic rings. The van der Waals surface area contributed by atoms with E-state index in [4.69, 9.17) is 14.6 Å². The second kappa shape index (κ2) is 8.10. The van der Waals surface area contributed by atoms with Gasteiger partial charge in [0.25, 0.3) is 5.91 Å². The average Bonchev–Trinajstić information content (AvgIpc) is 2.61. The van der Waals surface area contributed by atoms with Crippen LogP contribution in [0.5, 0.6) is 5.75 Å². The van der Waals surface area contributed by atoms with E-state index in [-0.39, 0.29) is 16.2 Å². The number of hydrogen-bond acceptors (Lipinski definition) is 6. The molecule has 1 amide bonds. The molecule has 0 aliphatic heterocycles. The zero-order valence-corrected chi connectivity index (χ0v) is 14.7. The third-order valence-electron chi connectivity index (χ3n) is 3.28. The van der Waals surface area contributed by atoms with Gasteiger partial charge in [0.15, 0.2) is 6.61 Å². The van der Waals surface area contributed by atoms with Gasteiger partial charge in [0.1, 0.15) is 28.6 Å². The van der Waals surface area contributed by atoms with E-state index in [9.17, 15) is 26.8 Å². The molecular weight excluding hydrogens is 386 g/mol. The minimum absolute atomic E-state index is 0.0204. The molecule has 8 nitrogen and oxygen atoms in total. The molecule has 0 heterocycles. The van der Waals surface area contributed by atoms with Crippen LogP contribution in [0.4, 0.5) is 14.5 Å². The van der Waals surface area contributed by atoms with Crippen LogP contribution in [0, 0.1) is 11.6 Å². The highest BCUT2D eigenvalue weighted by atomic mass is 32.2. The first kappa shape index (κ1) is 20.3. The first-order chi connectivity index (χ1) is 12.6. The molecule has 0 saturated carbocycles. The molecule has 0 aromatic heterocycles. The summed E-state index contributed by atoms with van der Waals surface area (Å²) in [4.78, 5) is 23.5. The number of halogens is 2. The first-order valence-corrected chi connectivity index (χ1v) is 8.80. The molecule has 0 atom stereocenters. The van der Waals surface area contributed by atoms with Gasteiger partial charge in [0.2, 0.25) is 10.0 Å². The number of primary sulfonamides is 1. The van der Waals surface area contributed by atoms with Crippen LogP contribution in [0.3, 0.4) is 0 Å². The number of methoxy groups -OCH3 is 1. The van der Waals surface area contributed by atoms with Gasteiger partial charge in [0.05, 0.1) is 12.0 Å². The molecule has 3 N–H and O–H groups in total. The summed E-state index contributed by atoms with van der Waals surface area (Å²) in [5.41, 5.74) is -0.985. The standard InChI is InChI=1S/C16H14F2N2O6S/c1-25-13-6-5-9(27(19,23)24)7-10(13)16(22)26-8-14(21)20-15-11(17)3-2-4-12(15)18/h2-7H,8H2,1H3,(H,20,21)(H2,19,23,24). The Morgan fingerprint density at radius 1 is 1.15 bits per heavy atom. The number of benzene rings is 2. The lowest BCUT2D eigenvalue weighted by molar-refractivity contribution is -0.119. The SMILES string of the molecule is COc1ccc(S(N)(=O)=O)cc1C(=O)OCC(=O)Nc1c(F)cccc1F. The van der Waals surface area contributed by atoms with Crippen LogP contribution in [0.1, 0.15) is 10.4 Å². The molecular formula is C16H14F2N2O6S. The molecule has 0 bridgehead atoms. The predicted octanol–water partition coefficient (Wildman–Crippen LogP) is 1.42. The van der Waals surface area contributed by atoms with Crippen molar-refractivity contribution in [1.82, 2.24) is 0 Å². The van der Waals surface area contributed by atoms with Crippen molar-refractivity contribution in [2.75, 3.05) is 19.0 Å². The van der Waals surface area contributed by atoms with E-state index in [0.29, 0.717) is 0 Å².